The number of hydrogen-bond acceptors (Lipinski definition) is 5. The molecule has 31 heavy (non-hydrogen) atoms. The molecule has 2 aromatic rings. The lowest BCUT2D eigenvalue weighted by molar-refractivity contribution is -0.113. The summed E-state index contributed by atoms with van der Waals surface area (Å²) < 4.78 is 5.71. The highest BCUT2D eigenvalue weighted by atomic mass is 32.2. The second-order valence-corrected chi connectivity index (χ2v) is 8.90. The lowest BCUT2D eigenvalue weighted by Crippen LogP contribution is -2.47. The number of anilines is 1. The lowest BCUT2D eigenvalue weighted by Gasteiger charge is -2.36. The first kappa shape index (κ1) is 21.5. The van der Waals surface area contributed by atoms with Crippen LogP contribution in [0.15, 0.2) is 58.4 Å². The molecule has 2 heterocycles. The van der Waals surface area contributed by atoms with Crippen molar-refractivity contribution in [2.45, 2.75) is 26.7 Å². The molecule has 162 valence electrons. The Morgan fingerprint density at radius 3 is 2.52 bits per heavy atom. The third kappa shape index (κ3) is 5.50. The van der Waals surface area contributed by atoms with E-state index in [-0.39, 0.29) is 5.91 Å². The molecule has 0 saturated carbocycles. The normalized spacial score (nSPS) is 17.9. The van der Waals surface area contributed by atoms with Gasteiger partial charge in [0, 0.05) is 31.9 Å². The maximum atomic E-state index is 12.5. The van der Waals surface area contributed by atoms with Crippen LogP contribution >= 0.6 is 11.8 Å². The molecular formula is C25H29N3O2S. The molecule has 0 aliphatic carbocycles. The molecule has 2 aliphatic rings. The SMILES string of the molecule is CCCCOc1ccc(/C=C2/SC(N3CCN(c4cccc(C)c4)CC3)=NC2=O)cc1. The van der Waals surface area contributed by atoms with Crippen molar-refractivity contribution in [1.29, 1.82) is 0 Å². The number of piperazine rings is 1. The summed E-state index contributed by atoms with van der Waals surface area (Å²) in [5, 5.41) is 0.819. The van der Waals surface area contributed by atoms with Crippen LogP contribution in [0, 0.1) is 6.92 Å². The first-order valence-corrected chi connectivity index (χ1v) is 11.8. The summed E-state index contributed by atoms with van der Waals surface area (Å²) in [7, 11) is 0. The van der Waals surface area contributed by atoms with Crippen LogP contribution in [0.3, 0.4) is 0 Å². The quantitative estimate of drug-likeness (QED) is 0.474. The van der Waals surface area contributed by atoms with Gasteiger partial charge in [-0.1, -0.05) is 37.6 Å². The summed E-state index contributed by atoms with van der Waals surface area (Å²) in [5.74, 6) is 0.716. The van der Waals surface area contributed by atoms with Gasteiger partial charge in [0.15, 0.2) is 5.17 Å². The number of aliphatic imine (C=N–C) groups is 1. The molecule has 0 spiro atoms. The van der Waals surface area contributed by atoms with Gasteiger partial charge in [-0.15, -0.1) is 0 Å². The minimum absolute atomic E-state index is 0.149. The third-order valence-electron chi connectivity index (χ3n) is 5.47. The Bertz CT molecular complexity index is 977. The van der Waals surface area contributed by atoms with E-state index in [1.807, 2.05) is 30.3 Å². The number of carbonyl (C=O) groups is 1. The number of aryl methyl sites for hydroxylation is 1. The van der Waals surface area contributed by atoms with Crippen LogP contribution in [-0.4, -0.2) is 48.8 Å². The number of ether oxygens (including phenoxy) is 1. The van der Waals surface area contributed by atoms with Crippen LogP contribution in [-0.2, 0) is 4.79 Å². The van der Waals surface area contributed by atoms with Gasteiger partial charge in [-0.05, 0) is 66.6 Å². The van der Waals surface area contributed by atoms with Gasteiger partial charge in [0.25, 0.3) is 5.91 Å². The highest BCUT2D eigenvalue weighted by Gasteiger charge is 2.28. The second kappa shape index (κ2) is 10.1. The van der Waals surface area contributed by atoms with E-state index in [1.54, 1.807) is 0 Å². The number of unbranched alkanes of at least 4 members (excludes halogenated alkanes) is 1. The minimum atomic E-state index is -0.149. The van der Waals surface area contributed by atoms with E-state index in [0.717, 1.165) is 62.1 Å². The number of rotatable bonds is 6. The Morgan fingerprint density at radius 1 is 1.06 bits per heavy atom. The van der Waals surface area contributed by atoms with E-state index in [0.29, 0.717) is 4.91 Å². The molecule has 0 atom stereocenters. The molecule has 0 aromatic heterocycles. The molecule has 1 amide bonds. The number of amidine groups is 1. The van der Waals surface area contributed by atoms with E-state index in [4.69, 9.17) is 4.74 Å². The molecule has 4 rings (SSSR count). The molecule has 5 nitrogen and oxygen atoms in total. The average molecular weight is 436 g/mol. The fourth-order valence-corrected chi connectivity index (χ4v) is 4.62. The Balaban J connectivity index is 1.33. The zero-order valence-corrected chi connectivity index (χ0v) is 19.0. The largest absolute Gasteiger partial charge is 0.494 e. The van der Waals surface area contributed by atoms with Crippen molar-refractivity contribution >= 4 is 34.6 Å². The summed E-state index contributed by atoms with van der Waals surface area (Å²) in [5.41, 5.74) is 3.52. The fourth-order valence-electron chi connectivity index (χ4n) is 3.66. The van der Waals surface area contributed by atoms with E-state index in [9.17, 15) is 4.79 Å². The van der Waals surface area contributed by atoms with Gasteiger partial charge in [0.05, 0.1) is 11.5 Å². The van der Waals surface area contributed by atoms with Crippen molar-refractivity contribution in [1.82, 2.24) is 4.90 Å². The summed E-state index contributed by atoms with van der Waals surface area (Å²) in [6.45, 7) is 8.59. The van der Waals surface area contributed by atoms with E-state index in [2.05, 4.69) is 52.9 Å². The number of hydrogen-bond donors (Lipinski definition) is 0. The van der Waals surface area contributed by atoms with Crippen LogP contribution < -0.4 is 9.64 Å². The number of benzene rings is 2. The maximum absolute atomic E-state index is 12.5. The van der Waals surface area contributed by atoms with Crippen molar-refractivity contribution in [3.63, 3.8) is 0 Å². The number of amides is 1. The highest BCUT2D eigenvalue weighted by Crippen LogP contribution is 2.31. The van der Waals surface area contributed by atoms with Gasteiger partial charge in [-0.3, -0.25) is 4.79 Å². The summed E-state index contributed by atoms with van der Waals surface area (Å²) >= 11 is 1.48. The summed E-state index contributed by atoms with van der Waals surface area (Å²) in [4.78, 5) is 22.1. The highest BCUT2D eigenvalue weighted by molar-refractivity contribution is 8.18. The fraction of sp³-hybridized carbons (Fsp3) is 0.360. The van der Waals surface area contributed by atoms with Crippen LogP contribution in [0.25, 0.3) is 6.08 Å². The Kier molecular flexibility index (Phi) is 6.97. The Labute approximate surface area is 188 Å². The number of thioether (sulfide) groups is 1. The lowest BCUT2D eigenvalue weighted by atomic mass is 10.2. The molecule has 0 bridgehead atoms. The molecule has 2 aliphatic heterocycles. The zero-order valence-electron chi connectivity index (χ0n) is 18.2. The van der Waals surface area contributed by atoms with Gasteiger partial charge >= 0.3 is 0 Å². The molecular weight excluding hydrogens is 406 g/mol. The van der Waals surface area contributed by atoms with Gasteiger partial charge < -0.3 is 14.5 Å². The molecule has 1 saturated heterocycles. The van der Waals surface area contributed by atoms with Gasteiger partial charge in [-0.2, -0.15) is 4.99 Å². The summed E-state index contributed by atoms with van der Waals surface area (Å²) in [6, 6.07) is 16.5. The average Bonchev–Trinajstić information content (AvgIpc) is 3.15. The molecule has 2 aromatic carbocycles. The third-order valence-corrected chi connectivity index (χ3v) is 6.52. The van der Waals surface area contributed by atoms with Crippen LogP contribution in [0.1, 0.15) is 30.9 Å². The van der Waals surface area contributed by atoms with E-state index < -0.39 is 0 Å². The van der Waals surface area contributed by atoms with Gasteiger partial charge in [0.2, 0.25) is 0 Å². The van der Waals surface area contributed by atoms with E-state index in [1.165, 1.54) is 23.0 Å². The predicted octanol–water partition coefficient (Wildman–Crippen LogP) is 4.97. The van der Waals surface area contributed by atoms with Gasteiger partial charge in [0.1, 0.15) is 5.75 Å². The topological polar surface area (TPSA) is 45.1 Å². The molecule has 0 unspecified atom stereocenters. The van der Waals surface area contributed by atoms with Crippen molar-refractivity contribution in [3.8, 4) is 5.75 Å². The standard InChI is InChI=1S/C25H29N3O2S/c1-3-4-16-30-22-10-8-20(9-11-22)18-23-24(29)26-25(31-23)28-14-12-27(13-15-28)21-7-5-6-19(2)17-21/h5-11,17-18H,3-4,12-16H2,1-2H3/b23-18+. The van der Waals surface area contributed by atoms with Gasteiger partial charge in [-0.25, -0.2) is 0 Å². The Morgan fingerprint density at radius 2 is 1.81 bits per heavy atom. The monoisotopic (exact) mass is 435 g/mol. The van der Waals surface area contributed by atoms with E-state index >= 15 is 0 Å². The molecule has 6 heteroatoms. The minimum Gasteiger partial charge on any atom is -0.494 e. The first-order chi connectivity index (χ1) is 15.1. The molecule has 0 N–H and O–H groups in total. The smallest absolute Gasteiger partial charge is 0.286 e. The maximum Gasteiger partial charge on any atom is 0.286 e. The molecule has 1 fully saturated rings. The summed E-state index contributed by atoms with van der Waals surface area (Å²) in [6.07, 6.45) is 4.09. The second-order valence-electron chi connectivity index (χ2n) is 7.89. The number of carbonyl (C=O) groups excluding carboxylic acids is 1. The molecule has 0 radical (unpaired) electrons. The van der Waals surface area contributed by atoms with Crippen molar-refractivity contribution < 1.29 is 9.53 Å². The Hall–Kier alpha value is -2.73. The number of nitrogens with zero attached hydrogens (tertiary/aromatic N) is 3. The van der Waals surface area contributed by atoms with Crippen LogP contribution in [0.4, 0.5) is 5.69 Å². The van der Waals surface area contributed by atoms with Crippen molar-refractivity contribution in [2.24, 2.45) is 4.99 Å². The zero-order chi connectivity index (χ0) is 21.6. The predicted molar refractivity (Wildman–Crippen MR) is 130 cm³/mol. The van der Waals surface area contributed by atoms with Crippen LogP contribution in [0.5, 0.6) is 5.75 Å². The van der Waals surface area contributed by atoms with Crippen molar-refractivity contribution in [2.75, 3.05) is 37.7 Å². The van der Waals surface area contributed by atoms with Crippen LogP contribution in [0.2, 0.25) is 0 Å². The first-order valence-electron chi connectivity index (χ1n) is 10.9. The van der Waals surface area contributed by atoms with Crippen molar-refractivity contribution in [3.05, 3.63) is 64.6 Å².